The SMILES string of the molecule is CCNCc1cn[nH]c1S(=O)(=O)N(CC)C1CCCCC1. The lowest BCUT2D eigenvalue weighted by molar-refractivity contribution is 0.260. The van der Waals surface area contributed by atoms with Crippen molar-refractivity contribution in [3.8, 4) is 0 Å². The smallest absolute Gasteiger partial charge is 0.260 e. The Bertz CT molecular complexity index is 535. The Morgan fingerprint density at radius 3 is 2.67 bits per heavy atom. The summed E-state index contributed by atoms with van der Waals surface area (Å²) in [5, 5.41) is 10.0. The zero-order chi connectivity index (χ0) is 15.3. The van der Waals surface area contributed by atoms with E-state index in [1.165, 1.54) is 6.42 Å². The highest BCUT2D eigenvalue weighted by molar-refractivity contribution is 7.89. The molecule has 0 spiro atoms. The summed E-state index contributed by atoms with van der Waals surface area (Å²) in [5.74, 6) is 0. The van der Waals surface area contributed by atoms with Gasteiger partial charge in [-0.3, -0.25) is 5.10 Å². The van der Waals surface area contributed by atoms with Crippen molar-refractivity contribution >= 4 is 10.0 Å². The summed E-state index contributed by atoms with van der Waals surface area (Å²) >= 11 is 0. The number of hydrogen-bond acceptors (Lipinski definition) is 4. The molecule has 0 aliphatic heterocycles. The van der Waals surface area contributed by atoms with Crippen LogP contribution in [0.2, 0.25) is 0 Å². The molecule has 0 bridgehead atoms. The Balaban J connectivity index is 2.24. The van der Waals surface area contributed by atoms with Gasteiger partial charge in [0.2, 0.25) is 0 Å². The van der Waals surface area contributed by atoms with Gasteiger partial charge in [-0.2, -0.15) is 9.40 Å². The fraction of sp³-hybridized carbons (Fsp3) is 0.786. The Kier molecular flexibility index (Phi) is 5.78. The summed E-state index contributed by atoms with van der Waals surface area (Å²) in [6.45, 7) is 5.72. The first-order chi connectivity index (χ1) is 10.1. The number of nitrogens with one attached hydrogen (secondary N) is 2. The highest BCUT2D eigenvalue weighted by Crippen LogP contribution is 2.28. The molecule has 1 aliphatic carbocycles. The van der Waals surface area contributed by atoms with Crippen LogP contribution < -0.4 is 5.32 Å². The van der Waals surface area contributed by atoms with Crippen LogP contribution in [0.5, 0.6) is 0 Å². The molecule has 1 saturated carbocycles. The molecule has 2 rings (SSSR count). The Hall–Kier alpha value is -0.920. The molecular formula is C14H26N4O2S. The number of nitrogens with zero attached hydrogens (tertiary/aromatic N) is 2. The van der Waals surface area contributed by atoms with Gasteiger partial charge in [-0.1, -0.05) is 33.1 Å². The number of H-pyrrole nitrogens is 1. The van der Waals surface area contributed by atoms with E-state index in [1.807, 2.05) is 13.8 Å². The van der Waals surface area contributed by atoms with Gasteiger partial charge in [0.15, 0.2) is 5.03 Å². The first-order valence-electron chi connectivity index (χ1n) is 7.86. The van der Waals surface area contributed by atoms with Crippen LogP contribution in [-0.2, 0) is 16.6 Å². The molecule has 0 saturated heterocycles. The molecule has 120 valence electrons. The topological polar surface area (TPSA) is 78.1 Å². The maximum Gasteiger partial charge on any atom is 0.260 e. The van der Waals surface area contributed by atoms with Crippen LogP contribution in [0, 0.1) is 0 Å². The number of hydrogen-bond donors (Lipinski definition) is 2. The van der Waals surface area contributed by atoms with Gasteiger partial charge < -0.3 is 5.32 Å². The third-order valence-electron chi connectivity index (χ3n) is 4.10. The normalized spacial score (nSPS) is 17.5. The summed E-state index contributed by atoms with van der Waals surface area (Å²) in [4.78, 5) is 0. The van der Waals surface area contributed by atoms with E-state index in [2.05, 4.69) is 15.5 Å². The van der Waals surface area contributed by atoms with Gasteiger partial charge in [0.25, 0.3) is 10.0 Å². The van der Waals surface area contributed by atoms with Crippen molar-refractivity contribution in [3.63, 3.8) is 0 Å². The van der Waals surface area contributed by atoms with E-state index >= 15 is 0 Å². The maximum absolute atomic E-state index is 12.9. The van der Waals surface area contributed by atoms with Crippen LogP contribution in [0.25, 0.3) is 0 Å². The minimum atomic E-state index is -3.49. The molecule has 0 amide bonds. The predicted molar refractivity (Wildman–Crippen MR) is 82.4 cm³/mol. The van der Waals surface area contributed by atoms with Gasteiger partial charge >= 0.3 is 0 Å². The fourth-order valence-electron chi connectivity index (χ4n) is 3.02. The molecule has 21 heavy (non-hydrogen) atoms. The van der Waals surface area contributed by atoms with Gasteiger partial charge in [-0.15, -0.1) is 0 Å². The second-order valence-electron chi connectivity index (χ2n) is 5.50. The van der Waals surface area contributed by atoms with E-state index in [0.717, 1.165) is 32.2 Å². The van der Waals surface area contributed by atoms with Gasteiger partial charge in [0.1, 0.15) is 0 Å². The molecule has 1 aliphatic rings. The summed E-state index contributed by atoms with van der Waals surface area (Å²) in [6.07, 6.45) is 6.97. The van der Waals surface area contributed by atoms with Gasteiger partial charge in [0, 0.05) is 24.7 Å². The average molecular weight is 314 g/mol. The molecule has 1 aromatic heterocycles. The summed E-state index contributed by atoms with van der Waals surface area (Å²) in [5.41, 5.74) is 0.714. The molecule has 0 radical (unpaired) electrons. The van der Waals surface area contributed by atoms with Gasteiger partial charge in [-0.05, 0) is 19.4 Å². The molecule has 1 aromatic rings. The van der Waals surface area contributed by atoms with E-state index in [4.69, 9.17) is 0 Å². The first kappa shape index (κ1) is 16.5. The average Bonchev–Trinajstić information content (AvgIpc) is 2.96. The molecule has 7 heteroatoms. The highest BCUT2D eigenvalue weighted by atomic mass is 32.2. The van der Waals surface area contributed by atoms with Crippen LogP contribution in [0.4, 0.5) is 0 Å². The van der Waals surface area contributed by atoms with Crippen LogP contribution >= 0.6 is 0 Å². The van der Waals surface area contributed by atoms with Crippen molar-refractivity contribution in [3.05, 3.63) is 11.8 Å². The zero-order valence-corrected chi connectivity index (χ0v) is 13.7. The van der Waals surface area contributed by atoms with Crippen molar-refractivity contribution < 1.29 is 8.42 Å². The number of aromatic amines is 1. The third-order valence-corrected chi connectivity index (χ3v) is 6.15. The number of rotatable bonds is 7. The summed E-state index contributed by atoms with van der Waals surface area (Å²) in [6, 6.07) is 0.129. The van der Waals surface area contributed by atoms with Crippen molar-refractivity contribution in [1.82, 2.24) is 19.8 Å². The molecule has 0 aromatic carbocycles. The van der Waals surface area contributed by atoms with Crippen molar-refractivity contribution in [1.29, 1.82) is 0 Å². The van der Waals surface area contributed by atoms with E-state index < -0.39 is 10.0 Å². The predicted octanol–water partition coefficient (Wildman–Crippen LogP) is 1.86. The Morgan fingerprint density at radius 2 is 2.05 bits per heavy atom. The molecule has 2 N–H and O–H groups in total. The Morgan fingerprint density at radius 1 is 1.33 bits per heavy atom. The van der Waals surface area contributed by atoms with Crippen LogP contribution in [0.15, 0.2) is 11.2 Å². The fourth-order valence-corrected chi connectivity index (χ4v) is 4.82. The molecule has 6 nitrogen and oxygen atoms in total. The van der Waals surface area contributed by atoms with E-state index in [1.54, 1.807) is 10.5 Å². The minimum Gasteiger partial charge on any atom is -0.313 e. The van der Waals surface area contributed by atoms with Gasteiger partial charge in [0.05, 0.1) is 6.20 Å². The molecule has 1 fully saturated rings. The van der Waals surface area contributed by atoms with Gasteiger partial charge in [-0.25, -0.2) is 8.42 Å². The van der Waals surface area contributed by atoms with Crippen molar-refractivity contribution in [2.45, 2.75) is 63.6 Å². The lowest BCUT2D eigenvalue weighted by atomic mass is 9.95. The quantitative estimate of drug-likeness (QED) is 0.805. The highest BCUT2D eigenvalue weighted by Gasteiger charge is 2.33. The molecular weight excluding hydrogens is 288 g/mol. The lowest BCUT2D eigenvalue weighted by Gasteiger charge is -2.32. The van der Waals surface area contributed by atoms with Crippen molar-refractivity contribution in [2.75, 3.05) is 13.1 Å². The molecule has 0 atom stereocenters. The third kappa shape index (κ3) is 3.64. The lowest BCUT2D eigenvalue weighted by Crippen LogP contribution is -2.41. The monoisotopic (exact) mass is 314 g/mol. The standard InChI is InChI=1S/C14H26N4O2S/c1-3-15-10-12-11-16-17-14(12)21(19,20)18(4-2)13-8-6-5-7-9-13/h11,13,15H,3-10H2,1-2H3,(H,16,17). The molecule has 0 unspecified atom stereocenters. The van der Waals surface area contributed by atoms with Crippen LogP contribution in [-0.4, -0.2) is 42.1 Å². The largest absolute Gasteiger partial charge is 0.313 e. The Labute approximate surface area is 127 Å². The summed E-state index contributed by atoms with van der Waals surface area (Å²) in [7, 11) is -3.49. The second-order valence-corrected chi connectivity index (χ2v) is 7.33. The number of sulfonamides is 1. The second kappa shape index (κ2) is 7.38. The molecule has 1 heterocycles. The van der Waals surface area contributed by atoms with E-state index in [9.17, 15) is 8.42 Å². The summed E-state index contributed by atoms with van der Waals surface area (Å²) < 4.78 is 27.5. The van der Waals surface area contributed by atoms with Crippen LogP contribution in [0.1, 0.15) is 51.5 Å². The maximum atomic E-state index is 12.9. The number of aromatic nitrogens is 2. The minimum absolute atomic E-state index is 0.129. The van der Waals surface area contributed by atoms with Crippen molar-refractivity contribution in [2.24, 2.45) is 0 Å². The first-order valence-corrected chi connectivity index (χ1v) is 9.30. The van der Waals surface area contributed by atoms with Crippen LogP contribution in [0.3, 0.4) is 0 Å². The van der Waals surface area contributed by atoms with E-state index in [-0.39, 0.29) is 11.1 Å². The van der Waals surface area contributed by atoms with E-state index in [0.29, 0.717) is 18.7 Å². The zero-order valence-electron chi connectivity index (χ0n) is 12.9.